The topological polar surface area (TPSA) is 154 Å². The van der Waals surface area contributed by atoms with E-state index in [0.717, 1.165) is 15.5 Å². The lowest BCUT2D eigenvalue weighted by atomic mass is 9.49. The molecular formula is C38H37N3O8. The third-order valence-corrected chi connectivity index (χ3v) is 10.8. The number of fused-ring (bicyclic) bond motifs is 4. The van der Waals surface area contributed by atoms with Crippen LogP contribution < -0.4 is 10.2 Å². The average molecular weight is 664 g/mol. The fraction of sp³-hybridized carbons (Fsp3) is 0.342. The SMILES string of the molecule is COc1cccc(O)c1C1C2=CCC3C(=O)N(CCCC(=O)O)C(=O)C3C2CC2C(=O)N(Nc3ccc(C)cc3)C(=O)C21c1ccccc1. The Hall–Kier alpha value is -5.45. The predicted octanol–water partition coefficient (Wildman–Crippen LogP) is 4.56. The lowest BCUT2D eigenvalue weighted by Crippen LogP contribution is -2.53. The van der Waals surface area contributed by atoms with E-state index >= 15 is 4.79 Å². The maximum Gasteiger partial charge on any atom is 0.303 e. The van der Waals surface area contributed by atoms with Gasteiger partial charge in [-0.15, -0.1) is 0 Å². The molecule has 1 saturated carbocycles. The van der Waals surface area contributed by atoms with Crippen LogP contribution in [0.2, 0.25) is 0 Å². The minimum Gasteiger partial charge on any atom is -0.508 e. The molecule has 2 saturated heterocycles. The summed E-state index contributed by atoms with van der Waals surface area (Å²) in [6.07, 6.45) is 2.17. The molecule has 2 heterocycles. The van der Waals surface area contributed by atoms with Crippen LogP contribution in [0.4, 0.5) is 5.69 Å². The molecular weight excluding hydrogens is 626 g/mol. The molecule has 49 heavy (non-hydrogen) atoms. The van der Waals surface area contributed by atoms with Crippen molar-refractivity contribution < 1.29 is 38.9 Å². The number of carbonyl (C=O) groups is 5. The monoisotopic (exact) mass is 663 g/mol. The number of methoxy groups -OCH3 is 1. The number of carbonyl (C=O) groups excluding carboxylic acids is 4. The van der Waals surface area contributed by atoms with Crippen LogP contribution in [-0.2, 0) is 29.4 Å². The van der Waals surface area contributed by atoms with E-state index in [4.69, 9.17) is 9.84 Å². The molecule has 2 aliphatic carbocycles. The van der Waals surface area contributed by atoms with Gasteiger partial charge in [0.05, 0.1) is 36.0 Å². The number of likely N-dealkylation sites (tertiary alicyclic amines) is 1. The number of phenols is 1. The van der Waals surface area contributed by atoms with Crippen molar-refractivity contribution in [1.29, 1.82) is 0 Å². The number of nitrogens with one attached hydrogen (secondary N) is 1. The van der Waals surface area contributed by atoms with Crippen LogP contribution in [-0.4, -0.2) is 63.4 Å². The van der Waals surface area contributed by atoms with Gasteiger partial charge in [-0.2, -0.15) is 5.01 Å². The molecule has 0 spiro atoms. The largest absolute Gasteiger partial charge is 0.508 e. The van der Waals surface area contributed by atoms with Gasteiger partial charge in [-0.05, 0) is 61.9 Å². The molecule has 3 fully saturated rings. The number of phenolic OH excluding ortho intramolecular Hbond substituents is 1. The number of allylic oxidation sites excluding steroid dienone is 2. The zero-order valence-electron chi connectivity index (χ0n) is 27.2. The van der Waals surface area contributed by atoms with E-state index in [0.29, 0.717) is 28.1 Å². The Morgan fingerprint density at radius 2 is 1.67 bits per heavy atom. The molecule has 3 aromatic carbocycles. The van der Waals surface area contributed by atoms with Gasteiger partial charge in [0, 0.05) is 24.4 Å². The molecule has 3 aromatic rings. The second kappa shape index (κ2) is 12.2. The number of anilines is 1. The molecule has 252 valence electrons. The molecule has 4 amide bonds. The summed E-state index contributed by atoms with van der Waals surface area (Å²) >= 11 is 0. The Morgan fingerprint density at radius 1 is 0.939 bits per heavy atom. The summed E-state index contributed by atoms with van der Waals surface area (Å²) in [5, 5.41) is 21.8. The molecule has 6 unspecified atom stereocenters. The number of nitrogens with zero attached hydrogens (tertiary/aromatic N) is 2. The normalized spacial score (nSPS) is 27.4. The van der Waals surface area contributed by atoms with Crippen molar-refractivity contribution in [3.05, 3.63) is 101 Å². The highest BCUT2D eigenvalue weighted by Crippen LogP contribution is 2.65. The molecule has 11 nitrogen and oxygen atoms in total. The minimum atomic E-state index is -1.55. The zero-order chi connectivity index (χ0) is 34.6. The number of ether oxygens (including phenoxy) is 1. The number of carboxylic acid groups (broad SMARTS) is 1. The Morgan fingerprint density at radius 3 is 2.37 bits per heavy atom. The molecule has 2 aliphatic heterocycles. The lowest BCUT2D eigenvalue weighted by Gasteiger charge is -2.50. The summed E-state index contributed by atoms with van der Waals surface area (Å²) in [6, 6.07) is 21.2. The Bertz CT molecular complexity index is 1890. The first-order valence-corrected chi connectivity index (χ1v) is 16.5. The van der Waals surface area contributed by atoms with Crippen molar-refractivity contribution in [1.82, 2.24) is 9.91 Å². The molecule has 4 aliphatic rings. The summed E-state index contributed by atoms with van der Waals surface area (Å²) in [7, 11) is 1.47. The van der Waals surface area contributed by atoms with Crippen molar-refractivity contribution in [2.75, 3.05) is 19.1 Å². The van der Waals surface area contributed by atoms with E-state index in [-0.39, 0.29) is 43.9 Å². The standard InChI is InChI=1S/C38H37N3O8/c1-21-13-15-23(16-14-21)39-41-35(46)27-20-26-24(17-18-25-31(26)36(47)40(34(25)45)19-7-12-30(43)44)33(32-28(42)10-6-11-29(32)49-2)38(27,37(41)48)22-8-4-3-5-9-22/h3-6,8-11,13-17,25-27,31,33,39,42H,7,12,18-20H2,1-2H3,(H,43,44). The first-order valence-electron chi connectivity index (χ1n) is 16.5. The number of hydrogen-bond donors (Lipinski definition) is 3. The third-order valence-electron chi connectivity index (χ3n) is 10.8. The zero-order valence-corrected chi connectivity index (χ0v) is 27.2. The quantitative estimate of drug-likeness (QED) is 0.221. The Balaban J connectivity index is 1.42. The van der Waals surface area contributed by atoms with Gasteiger partial charge in [0.25, 0.3) is 11.8 Å². The smallest absolute Gasteiger partial charge is 0.303 e. The molecule has 0 aromatic heterocycles. The predicted molar refractivity (Wildman–Crippen MR) is 177 cm³/mol. The fourth-order valence-corrected chi connectivity index (χ4v) is 8.74. The van der Waals surface area contributed by atoms with Crippen LogP contribution in [0.5, 0.6) is 11.5 Å². The number of aryl methyl sites for hydroxylation is 1. The highest BCUT2D eigenvalue weighted by molar-refractivity contribution is 6.13. The number of hydrazine groups is 1. The number of amides is 4. The van der Waals surface area contributed by atoms with E-state index in [1.807, 2.05) is 43.3 Å². The van der Waals surface area contributed by atoms with E-state index in [1.54, 1.807) is 36.4 Å². The van der Waals surface area contributed by atoms with E-state index in [9.17, 15) is 24.3 Å². The number of benzene rings is 3. The van der Waals surface area contributed by atoms with Gasteiger partial charge in [-0.1, -0.05) is 65.7 Å². The first kappa shape index (κ1) is 32.1. The number of carboxylic acids is 1. The second-order valence-corrected chi connectivity index (χ2v) is 13.3. The van der Waals surface area contributed by atoms with Gasteiger partial charge in [0.1, 0.15) is 11.5 Å². The molecule has 0 radical (unpaired) electrons. The number of hydrogen-bond acceptors (Lipinski definition) is 8. The van der Waals surface area contributed by atoms with Crippen LogP contribution in [0.25, 0.3) is 0 Å². The van der Waals surface area contributed by atoms with Crippen LogP contribution in [0.1, 0.15) is 48.3 Å². The highest BCUT2D eigenvalue weighted by atomic mass is 16.5. The van der Waals surface area contributed by atoms with Crippen molar-refractivity contribution in [3.8, 4) is 11.5 Å². The van der Waals surface area contributed by atoms with Crippen LogP contribution in [0.3, 0.4) is 0 Å². The van der Waals surface area contributed by atoms with Crippen molar-refractivity contribution >= 4 is 35.3 Å². The van der Waals surface area contributed by atoms with Crippen molar-refractivity contribution in [2.45, 2.75) is 43.9 Å². The van der Waals surface area contributed by atoms with Gasteiger partial charge in [-0.3, -0.25) is 34.3 Å². The van der Waals surface area contributed by atoms with E-state index in [1.165, 1.54) is 13.2 Å². The van der Waals surface area contributed by atoms with E-state index < -0.39 is 58.7 Å². The highest BCUT2D eigenvalue weighted by Gasteiger charge is 2.71. The van der Waals surface area contributed by atoms with Crippen LogP contribution in [0, 0.1) is 30.6 Å². The molecule has 0 bridgehead atoms. The van der Waals surface area contributed by atoms with Gasteiger partial charge in [-0.25, -0.2) is 0 Å². The number of rotatable bonds is 9. The Kier molecular flexibility index (Phi) is 8.01. The van der Waals surface area contributed by atoms with Crippen LogP contribution in [0.15, 0.2) is 84.4 Å². The van der Waals surface area contributed by atoms with Gasteiger partial charge >= 0.3 is 5.97 Å². The molecule has 3 N–H and O–H groups in total. The third kappa shape index (κ3) is 4.90. The van der Waals surface area contributed by atoms with Crippen molar-refractivity contribution in [3.63, 3.8) is 0 Å². The summed E-state index contributed by atoms with van der Waals surface area (Å²) < 4.78 is 5.80. The fourth-order valence-electron chi connectivity index (χ4n) is 8.74. The van der Waals surface area contributed by atoms with Gasteiger partial charge in [0.15, 0.2) is 0 Å². The summed E-state index contributed by atoms with van der Waals surface area (Å²) in [4.78, 5) is 70.0. The van der Waals surface area contributed by atoms with Crippen molar-refractivity contribution in [2.24, 2.45) is 23.7 Å². The maximum absolute atomic E-state index is 15.2. The average Bonchev–Trinajstić information content (AvgIpc) is 3.46. The van der Waals surface area contributed by atoms with Crippen LogP contribution >= 0.6 is 0 Å². The number of imide groups is 2. The Labute approximate surface area is 283 Å². The lowest BCUT2D eigenvalue weighted by molar-refractivity contribution is -0.142. The maximum atomic E-state index is 15.2. The summed E-state index contributed by atoms with van der Waals surface area (Å²) in [6.45, 7) is 1.92. The second-order valence-electron chi connectivity index (χ2n) is 13.3. The first-order chi connectivity index (χ1) is 23.6. The molecule has 11 heteroatoms. The summed E-state index contributed by atoms with van der Waals surface area (Å²) in [5.41, 5.74) is 4.64. The molecule has 6 atom stereocenters. The molecule has 7 rings (SSSR count). The van der Waals surface area contributed by atoms with E-state index in [2.05, 4.69) is 5.43 Å². The number of aliphatic carboxylic acids is 1. The number of aromatic hydroxyl groups is 1. The van der Waals surface area contributed by atoms with Gasteiger partial charge in [0.2, 0.25) is 11.8 Å². The summed E-state index contributed by atoms with van der Waals surface area (Å²) in [5.74, 6) is -6.62. The minimum absolute atomic E-state index is 0.0151. The van der Waals surface area contributed by atoms with Gasteiger partial charge < -0.3 is 14.9 Å².